The average molecular weight is 139 g/mol. The second kappa shape index (κ2) is 3.06. The molecule has 0 spiro atoms. The molecule has 0 aliphatic heterocycles. The molecule has 0 aromatic heterocycles. The van der Waals surface area contributed by atoms with E-state index in [0.717, 1.165) is 6.42 Å². The largest absolute Gasteiger partial charge is 0.415 e. The van der Waals surface area contributed by atoms with Crippen LogP contribution in [0.25, 0.3) is 0 Å². The minimum absolute atomic E-state index is 0.648. The van der Waals surface area contributed by atoms with E-state index in [0.29, 0.717) is 12.2 Å². The zero-order valence-electron chi connectivity index (χ0n) is 5.54. The third-order valence-corrected chi connectivity index (χ3v) is 1.20. The summed E-state index contributed by atoms with van der Waals surface area (Å²) in [6, 6.07) is 0. The van der Waals surface area contributed by atoms with E-state index in [2.05, 4.69) is 4.74 Å². The number of ether oxygens (including phenoxy) is 1. The molecule has 0 unspecified atom stereocenters. The normalized spacial score (nSPS) is 16.2. The highest BCUT2D eigenvalue weighted by molar-refractivity contribution is 5.66. The fraction of sp³-hybridized carbons (Fsp3) is 0.286. The molecule has 0 saturated heterocycles. The molecule has 0 heterocycles. The molecule has 1 aliphatic rings. The van der Waals surface area contributed by atoms with Crippen LogP contribution in [0.5, 0.6) is 0 Å². The number of amides is 1. The van der Waals surface area contributed by atoms with Gasteiger partial charge in [-0.2, -0.15) is 0 Å². The Hall–Kier alpha value is -1.25. The molecule has 0 saturated carbocycles. The molecule has 54 valence electrons. The molecule has 0 aromatic rings. The molecular formula is C7H9NO2. The number of allylic oxidation sites excluding steroid dienone is 3. The minimum Gasteiger partial charge on any atom is -0.415 e. The Kier molecular flexibility index (Phi) is 2.10. The Bertz CT molecular complexity index is 194. The van der Waals surface area contributed by atoms with Crippen LogP contribution in [0.3, 0.4) is 0 Å². The third kappa shape index (κ3) is 1.93. The van der Waals surface area contributed by atoms with Crippen molar-refractivity contribution in [3.63, 3.8) is 0 Å². The van der Waals surface area contributed by atoms with Crippen LogP contribution in [-0.4, -0.2) is 6.09 Å². The lowest BCUT2D eigenvalue weighted by molar-refractivity contribution is 0.184. The molecule has 1 amide bonds. The van der Waals surface area contributed by atoms with Gasteiger partial charge in [-0.25, -0.2) is 4.79 Å². The molecule has 0 atom stereocenters. The van der Waals surface area contributed by atoms with Gasteiger partial charge >= 0.3 is 6.09 Å². The van der Waals surface area contributed by atoms with Gasteiger partial charge in [-0.05, 0) is 12.5 Å². The van der Waals surface area contributed by atoms with Crippen molar-refractivity contribution in [1.29, 1.82) is 0 Å². The molecule has 0 aromatic carbocycles. The van der Waals surface area contributed by atoms with E-state index < -0.39 is 6.09 Å². The molecule has 2 N–H and O–H groups in total. The predicted molar refractivity (Wildman–Crippen MR) is 37.1 cm³/mol. The summed E-state index contributed by atoms with van der Waals surface area (Å²) in [5.41, 5.74) is 4.80. The van der Waals surface area contributed by atoms with Crippen LogP contribution in [0.2, 0.25) is 0 Å². The number of nitrogens with two attached hydrogens (primary N) is 1. The van der Waals surface area contributed by atoms with Crippen LogP contribution < -0.4 is 5.73 Å². The van der Waals surface area contributed by atoms with Gasteiger partial charge in [0.25, 0.3) is 0 Å². The summed E-state index contributed by atoms with van der Waals surface area (Å²) in [7, 11) is 0. The third-order valence-electron chi connectivity index (χ3n) is 1.20. The quantitative estimate of drug-likeness (QED) is 0.557. The molecule has 1 aliphatic carbocycles. The summed E-state index contributed by atoms with van der Waals surface area (Å²) in [4.78, 5) is 10.2. The van der Waals surface area contributed by atoms with E-state index >= 15 is 0 Å². The standard InChI is InChI=1S/C7H9NO2/c8-7(9)10-6-4-2-1-3-5-6/h1-2,5H,3-4H2,(H2,8,9). The van der Waals surface area contributed by atoms with E-state index in [1.165, 1.54) is 0 Å². The second-order valence-electron chi connectivity index (χ2n) is 2.00. The Labute approximate surface area is 59.2 Å². The number of hydrogen-bond acceptors (Lipinski definition) is 2. The van der Waals surface area contributed by atoms with Gasteiger partial charge in [-0.15, -0.1) is 0 Å². The van der Waals surface area contributed by atoms with Gasteiger partial charge in [0.05, 0.1) is 0 Å². The van der Waals surface area contributed by atoms with Gasteiger partial charge in [-0.1, -0.05) is 12.2 Å². The molecular weight excluding hydrogens is 130 g/mol. The second-order valence-corrected chi connectivity index (χ2v) is 2.00. The fourth-order valence-electron chi connectivity index (χ4n) is 0.791. The number of primary amides is 1. The topological polar surface area (TPSA) is 52.3 Å². The van der Waals surface area contributed by atoms with Crippen LogP contribution in [0, 0.1) is 0 Å². The van der Waals surface area contributed by atoms with Gasteiger partial charge in [0.1, 0.15) is 5.76 Å². The Balaban J connectivity index is 2.41. The van der Waals surface area contributed by atoms with Crippen LogP contribution in [0.15, 0.2) is 24.0 Å². The maximum Gasteiger partial charge on any atom is 0.409 e. The number of hydrogen-bond donors (Lipinski definition) is 1. The molecule has 1 rings (SSSR count). The van der Waals surface area contributed by atoms with Gasteiger partial charge in [-0.3, -0.25) is 0 Å². The SMILES string of the molecule is NC(=O)OC1=CCC=CC1. The summed E-state index contributed by atoms with van der Waals surface area (Å²) in [6.45, 7) is 0. The number of rotatable bonds is 1. The van der Waals surface area contributed by atoms with Gasteiger partial charge < -0.3 is 10.5 Å². The summed E-state index contributed by atoms with van der Waals surface area (Å²) in [5, 5.41) is 0. The first kappa shape index (κ1) is 6.86. The molecule has 3 heteroatoms. The summed E-state index contributed by atoms with van der Waals surface area (Å²) in [6.07, 6.45) is 6.55. The van der Waals surface area contributed by atoms with E-state index in [4.69, 9.17) is 5.73 Å². The van der Waals surface area contributed by atoms with E-state index in [-0.39, 0.29) is 0 Å². The Morgan fingerprint density at radius 1 is 1.60 bits per heavy atom. The summed E-state index contributed by atoms with van der Waals surface area (Å²) >= 11 is 0. The van der Waals surface area contributed by atoms with Gasteiger partial charge in [0.15, 0.2) is 0 Å². The van der Waals surface area contributed by atoms with Crippen LogP contribution in [0.4, 0.5) is 4.79 Å². The van der Waals surface area contributed by atoms with Gasteiger partial charge in [0, 0.05) is 6.42 Å². The maximum absolute atomic E-state index is 10.2. The lowest BCUT2D eigenvalue weighted by atomic mass is 10.2. The van der Waals surface area contributed by atoms with Crippen molar-refractivity contribution < 1.29 is 9.53 Å². The van der Waals surface area contributed by atoms with Gasteiger partial charge in [0.2, 0.25) is 0 Å². The van der Waals surface area contributed by atoms with Crippen molar-refractivity contribution in [2.45, 2.75) is 12.8 Å². The monoisotopic (exact) mass is 139 g/mol. The van der Waals surface area contributed by atoms with E-state index in [9.17, 15) is 4.79 Å². The highest BCUT2D eigenvalue weighted by Gasteiger charge is 2.01. The first-order valence-electron chi connectivity index (χ1n) is 3.10. The zero-order chi connectivity index (χ0) is 7.40. The van der Waals surface area contributed by atoms with Crippen molar-refractivity contribution in [1.82, 2.24) is 0 Å². The highest BCUT2D eigenvalue weighted by atomic mass is 16.5. The first-order valence-corrected chi connectivity index (χ1v) is 3.10. The number of carbonyl (C=O) groups is 1. The minimum atomic E-state index is -0.735. The van der Waals surface area contributed by atoms with E-state index in [1.807, 2.05) is 18.2 Å². The van der Waals surface area contributed by atoms with Crippen LogP contribution in [0.1, 0.15) is 12.8 Å². The van der Waals surface area contributed by atoms with E-state index in [1.54, 1.807) is 0 Å². The molecule has 0 bridgehead atoms. The Morgan fingerprint density at radius 2 is 2.40 bits per heavy atom. The Morgan fingerprint density at radius 3 is 2.90 bits per heavy atom. The van der Waals surface area contributed by atoms with Crippen LogP contribution in [-0.2, 0) is 4.74 Å². The molecule has 0 radical (unpaired) electrons. The van der Waals surface area contributed by atoms with Crippen molar-refractivity contribution in [3.8, 4) is 0 Å². The van der Waals surface area contributed by atoms with Crippen molar-refractivity contribution in [2.75, 3.05) is 0 Å². The van der Waals surface area contributed by atoms with Crippen molar-refractivity contribution >= 4 is 6.09 Å². The number of carbonyl (C=O) groups excluding carboxylic acids is 1. The van der Waals surface area contributed by atoms with Crippen molar-refractivity contribution in [2.24, 2.45) is 5.73 Å². The fourth-order valence-corrected chi connectivity index (χ4v) is 0.791. The molecule has 3 nitrogen and oxygen atoms in total. The lowest BCUT2D eigenvalue weighted by Crippen LogP contribution is -2.12. The summed E-state index contributed by atoms with van der Waals surface area (Å²) < 4.78 is 4.64. The highest BCUT2D eigenvalue weighted by Crippen LogP contribution is 2.11. The molecule has 0 fully saturated rings. The first-order chi connectivity index (χ1) is 4.79. The zero-order valence-corrected chi connectivity index (χ0v) is 5.54. The predicted octanol–water partition coefficient (Wildman–Crippen LogP) is 1.32. The smallest absolute Gasteiger partial charge is 0.409 e. The maximum atomic E-state index is 10.2. The van der Waals surface area contributed by atoms with Crippen molar-refractivity contribution in [3.05, 3.63) is 24.0 Å². The van der Waals surface area contributed by atoms with Crippen LogP contribution >= 0.6 is 0 Å². The average Bonchev–Trinajstić information content (AvgIpc) is 1.88. The lowest BCUT2D eigenvalue weighted by Gasteiger charge is -2.05. The summed E-state index contributed by atoms with van der Waals surface area (Å²) in [5.74, 6) is 0.648. The molecule has 10 heavy (non-hydrogen) atoms.